The van der Waals surface area contributed by atoms with Gasteiger partial charge in [-0.25, -0.2) is 4.98 Å². The van der Waals surface area contributed by atoms with Crippen LogP contribution in [-0.2, 0) is 11.8 Å². The van der Waals surface area contributed by atoms with Crippen LogP contribution in [0.3, 0.4) is 0 Å². The fraction of sp³-hybridized carbons (Fsp3) is 0.562. The standard InChI is InChI=1S/C16H22N4O2/c1-4-20(9-13-6-5-7-22-13)15-12(10-21)8-14-11(2)18-19(3)16(14)17-15/h8,10,13H,4-7,9H2,1-3H3/t13-/m1/s1. The Labute approximate surface area is 130 Å². The maximum Gasteiger partial charge on any atom is 0.160 e. The molecule has 0 amide bonds. The number of rotatable bonds is 5. The van der Waals surface area contributed by atoms with E-state index >= 15 is 0 Å². The van der Waals surface area contributed by atoms with Gasteiger partial charge in [0.1, 0.15) is 5.82 Å². The van der Waals surface area contributed by atoms with E-state index in [1.165, 1.54) is 0 Å². The summed E-state index contributed by atoms with van der Waals surface area (Å²) in [6.07, 6.45) is 3.29. The second-order valence-electron chi connectivity index (χ2n) is 5.77. The van der Waals surface area contributed by atoms with E-state index in [2.05, 4.69) is 16.9 Å². The van der Waals surface area contributed by atoms with E-state index in [4.69, 9.17) is 9.72 Å². The lowest BCUT2D eigenvalue weighted by atomic mass is 10.1. The van der Waals surface area contributed by atoms with E-state index < -0.39 is 0 Å². The van der Waals surface area contributed by atoms with Crippen molar-refractivity contribution in [2.45, 2.75) is 32.8 Å². The van der Waals surface area contributed by atoms with Crippen molar-refractivity contribution < 1.29 is 9.53 Å². The highest BCUT2D eigenvalue weighted by Gasteiger charge is 2.22. The van der Waals surface area contributed by atoms with Crippen LogP contribution in [0.1, 0.15) is 35.8 Å². The third-order valence-corrected chi connectivity index (χ3v) is 4.26. The highest BCUT2D eigenvalue weighted by Crippen LogP contribution is 2.25. The van der Waals surface area contributed by atoms with E-state index in [9.17, 15) is 4.79 Å². The quantitative estimate of drug-likeness (QED) is 0.792. The van der Waals surface area contributed by atoms with Gasteiger partial charge in [0, 0.05) is 32.1 Å². The molecule has 0 radical (unpaired) electrons. The molecule has 118 valence electrons. The van der Waals surface area contributed by atoms with Crippen molar-refractivity contribution in [3.8, 4) is 0 Å². The van der Waals surface area contributed by atoms with Crippen LogP contribution in [0.2, 0.25) is 0 Å². The first-order valence-corrected chi connectivity index (χ1v) is 7.80. The average molecular weight is 302 g/mol. The molecular formula is C16H22N4O2. The SMILES string of the molecule is CCN(C[C@H]1CCCO1)c1nc2c(cc1C=O)c(C)nn2C. The molecule has 2 aromatic rings. The number of aromatic nitrogens is 3. The van der Waals surface area contributed by atoms with Crippen molar-refractivity contribution in [1.29, 1.82) is 0 Å². The first-order chi connectivity index (χ1) is 10.6. The van der Waals surface area contributed by atoms with E-state index in [0.717, 1.165) is 61.4 Å². The van der Waals surface area contributed by atoms with Crippen LogP contribution in [0, 0.1) is 6.92 Å². The number of aldehydes is 1. The Balaban J connectivity index is 2.02. The smallest absolute Gasteiger partial charge is 0.160 e. The molecule has 6 nitrogen and oxygen atoms in total. The van der Waals surface area contributed by atoms with Gasteiger partial charge in [0.05, 0.1) is 17.4 Å². The minimum atomic E-state index is 0.227. The van der Waals surface area contributed by atoms with Crippen molar-refractivity contribution >= 4 is 23.1 Å². The fourth-order valence-corrected chi connectivity index (χ4v) is 3.09. The molecule has 1 saturated heterocycles. The van der Waals surface area contributed by atoms with Gasteiger partial charge in [-0.2, -0.15) is 5.10 Å². The fourth-order valence-electron chi connectivity index (χ4n) is 3.09. The predicted molar refractivity (Wildman–Crippen MR) is 85.5 cm³/mol. The molecule has 0 N–H and O–H groups in total. The molecule has 6 heteroatoms. The summed E-state index contributed by atoms with van der Waals surface area (Å²) in [7, 11) is 1.88. The Kier molecular flexibility index (Phi) is 4.11. The zero-order valence-corrected chi connectivity index (χ0v) is 13.4. The van der Waals surface area contributed by atoms with E-state index in [-0.39, 0.29) is 6.10 Å². The number of aryl methyl sites for hydroxylation is 2. The second-order valence-corrected chi connectivity index (χ2v) is 5.77. The van der Waals surface area contributed by atoms with Crippen molar-refractivity contribution in [1.82, 2.24) is 14.8 Å². The summed E-state index contributed by atoms with van der Waals surface area (Å²) in [6.45, 7) is 6.39. The number of carbonyl (C=O) groups excluding carboxylic acids is 1. The van der Waals surface area contributed by atoms with Gasteiger partial charge in [-0.3, -0.25) is 9.48 Å². The Bertz CT molecular complexity index is 689. The average Bonchev–Trinajstić information content (AvgIpc) is 3.12. The van der Waals surface area contributed by atoms with E-state index in [0.29, 0.717) is 5.56 Å². The Morgan fingerprint density at radius 1 is 1.55 bits per heavy atom. The van der Waals surface area contributed by atoms with Crippen molar-refractivity contribution in [3.05, 3.63) is 17.3 Å². The highest BCUT2D eigenvalue weighted by molar-refractivity contribution is 5.91. The lowest BCUT2D eigenvalue weighted by molar-refractivity contribution is 0.111. The van der Waals surface area contributed by atoms with E-state index in [1.54, 1.807) is 4.68 Å². The predicted octanol–water partition coefficient (Wildman–Crippen LogP) is 2.09. The number of likely N-dealkylation sites (N-methyl/N-ethyl adjacent to an activating group) is 1. The molecule has 0 unspecified atom stereocenters. The number of pyridine rings is 1. The molecule has 0 aliphatic carbocycles. The molecule has 1 atom stereocenters. The maximum absolute atomic E-state index is 11.5. The molecule has 2 aromatic heterocycles. The number of hydrogen-bond donors (Lipinski definition) is 0. The molecule has 0 spiro atoms. The minimum absolute atomic E-state index is 0.227. The number of ether oxygens (including phenoxy) is 1. The van der Waals surface area contributed by atoms with Crippen LogP contribution < -0.4 is 4.90 Å². The summed E-state index contributed by atoms with van der Waals surface area (Å²) in [5, 5.41) is 5.32. The summed E-state index contributed by atoms with van der Waals surface area (Å²) >= 11 is 0. The molecule has 0 aromatic carbocycles. The van der Waals surface area contributed by atoms with Crippen LogP contribution in [0.5, 0.6) is 0 Å². The van der Waals surface area contributed by atoms with Gasteiger partial charge in [-0.05, 0) is 32.8 Å². The van der Waals surface area contributed by atoms with Gasteiger partial charge in [0.25, 0.3) is 0 Å². The summed E-state index contributed by atoms with van der Waals surface area (Å²) in [5.41, 5.74) is 2.31. The lowest BCUT2D eigenvalue weighted by Crippen LogP contribution is -2.33. The van der Waals surface area contributed by atoms with Gasteiger partial charge in [-0.1, -0.05) is 0 Å². The molecular weight excluding hydrogens is 280 g/mol. The maximum atomic E-state index is 11.5. The monoisotopic (exact) mass is 302 g/mol. The van der Waals surface area contributed by atoms with Crippen LogP contribution in [0.25, 0.3) is 11.0 Å². The summed E-state index contributed by atoms with van der Waals surface area (Å²) in [6, 6.07) is 1.89. The van der Waals surface area contributed by atoms with Gasteiger partial charge in [0.2, 0.25) is 0 Å². The number of carbonyl (C=O) groups is 1. The molecule has 3 rings (SSSR count). The normalized spacial score (nSPS) is 18.0. The molecule has 1 aliphatic rings. The Hall–Kier alpha value is -1.95. The number of fused-ring (bicyclic) bond motifs is 1. The van der Waals surface area contributed by atoms with Gasteiger partial charge in [0.15, 0.2) is 11.9 Å². The van der Waals surface area contributed by atoms with Gasteiger partial charge in [-0.15, -0.1) is 0 Å². The van der Waals surface area contributed by atoms with Crippen LogP contribution in [0.15, 0.2) is 6.07 Å². The van der Waals surface area contributed by atoms with Crippen LogP contribution in [0.4, 0.5) is 5.82 Å². The first-order valence-electron chi connectivity index (χ1n) is 7.80. The zero-order chi connectivity index (χ0) is 15.7. The third kappa shape index (κ3) is 2.59. The zero-order valence-electron chi connectivity index (χ0n) is 13.4. The summed E-state index contributed by atoms with van der Waals surface area (Å²) in [5.74, 6) is 0.725. The largest absolute Gasteiger partial charge is 0.376 e. The third-order valence-electron chi connectivity index (χ3n) is 4.26. The minimum Gasteiger partial charge on any atom is -0.376 e. The molecule has 0 saturated carbocycles. The highest BCUT2D eigenvalue weighted by atomic mass is 16.5. The molecule has 22 heavy (non-hydrogen) atoms. The van der Waals surface area contributed by atoms with Crippen molar-refractivity contribution in [3.63, 3.8) is 0 Å². The van der Waals surface area contributed by atoms with Crippen LogP contribution in [-0.4, -0.2) is 46.9 Å². The summed E-state index contributed by atoms with van der Waals surface area (Å²) < 4.78 is 7.49. The van der Waals surface area contributed by atoms with Gasteiger partial charge < -0.3 is 9.64 Å². The van der Waals surface area contributed by atoms with E-state index in [1.807, 2.05) is 20.0 Å². The van der Waals surface area contributed by atoms with Crippen molar-refractivity contribution in [2.24, 2.45) is 7.05 Å². The number of hydrogen-bond acceptors (Lipinski definition) is 5. The lowest BCUT2D eigenvalue weighted by Gasteiger charge is -2.26. The van der Waals surface area contributed by atoms with Crippen LogP contribution >= 0.6 is 0 Å². The second kappa shape index (κ2) is 6.04. The Morgan fingerprint density at radius 3 is 3.00 bits per heavy atom. The number of nitrogens with zero attached hydrogens (tertiary/aromatic N) is 4. The molecule has 1 aliphatic heterocycles. The van der Waals surface area contributed by atoms with Gasteiger partial charge >= 0.3 is 0 Å². The topological polar surface area (TPSA) is 60.2 Å². The summed E-state index contributed by atoms with van der Waals surface area (Å²) in [4.78, 5) is 18.4. The molecule has 0 bridgehead atoms. The first kappa shape index (κ1) is 15.0. The Morgan fingerprint density at radius 2 is 2.36 bits per heavy atom. The molecule has 3 heterocycles. The number of anilines is 1. The van der Waals surface area contributed by atoms with Crippen molar-refractivity contribution in [2.75, 3.05) is 24.6 Å². The molecule has 1 fully saturated rings.